The molecule has 1 fully saturated rings. The summed E-state index contributed by atoms with van der Waals surface area (Å²) in [5, 5.41) is 5.56. The molecule has 0 saturated carbocycles. The molecule has 0 aromatic heterocycles. The molecular weight excluding hydrogens is 340 g/mol. The third-order valence-corrected chi connectivity index (χ3v) is 4.76. The fourth-order valence-corrected chi connectivity index (χ4v) is 3.08. The highest BCUT2D eigenvalue weighted by atomic mass is 16.2. The normalized spacial score (nSPS) is 14.7. The predicted molar refractivity (Wildman–Crippen MR) is 109 cm³/mol. The highest BCUT2D eigenvalue weighted by Crippen LogP contribution is 2.19. The van der Waals surface area contributed by atoms with E-state index in [0.29, 0.717) is 5.69 Å². The van der Waals surface area contributed by atoms with E-state index in [4.69, 9.17) is 0 Å². The van der Waals surface area contributed by atoms with E-state index in [0.717, 1.165) is 43.1 Å². The van der Waals surface area contributed by atoms with Crippen molar-refractivity contribution in [3.8, 4) is 0 Å². The van der Waals surface area contributed by atoms with Gasteiger partial charge in [-0.05, 0) is 49.9 Å². The quantitative estimate of drug-likeness (QED) is 0.799. The minimum absolute atomic E-state index is 0.214. The molecule has 1 aliphatic heterocycles. The van der Waals surface area contributed by atoms with Gasteiger partial charge in [0.2, 0.25) is 11.8 Å². The Morgan fingerprint density at radius 1 is 0.889 bits per heavy atom. The number of nitrogens with zero attached hydrogens (tertiary/aromatic N) is 2. The average molecular weight is 366 g/mol. The number of hydrogen-bond donors (Lipinski definition) is 2. The van der Waals surface area contributed by atoms with Crippen LogP contribution in [0.4, 0.5) is 17.1 Å². The zero-order valence-corrected chi connectivity index (χ0v) is 15.9. The van der Waals surface area contributed by atoms with Crippen molar-refractivity contribution < 1.29 is 9.59 Å². The van der Waals surface area contributed by atoms with Gasteiger partial charge in [-0.1, -0.05) is 18.2 Å². The second-order valence-corrected chi connectivity index (χ2v) is 6.93. The number of nitrogens with one attached hydrogen (secondary N) is 2. The number of benzene rings is 2. The van der Waals surface area contributed by atoms with Crippen LogP contribution in [0.3, 0.4) is 0 Å². The zero-order valence-electron chi connectivity index (χ0n) is 15.9. The third-order valence-electron chi connectivity index (χ3n) is 4.76. The summed E-state index contributed by atoms with van der Waals surface area (Å²) >= 11 is 0. The molecule has 0 atom stereocenters. The number of hydrogen-bond acceptors (Lipinski definition) is 4. The Hall–Kier alpha value is -2.86. The van der Waals surface area contributed by atoms with Crippen LogP contribution in [-0.4, -0.2) is 49.9 Å². The molecule has 0 bridgehead atoms. The fourth-order valence-electron chi connectivity index (χ4n) is 3.08. The summed E-state index contributed by atoms with van der Waals surface area (Å²) in [4.78, 5) is 28.8. The molecule has 0 radical (unpaired) electrons. The minimum Gasteiger partial charge on any atom is -0.369 e. The number of anilines is 3. The van der Waals surface area contributed by atoms with Crippen LogP contribution < -0.4 is 15.5 Å². The summed E-state index contributed by atoms with van der Waals surface area (Å²) in [6, 6.07) is 15.3. The van der Waals surface area contributed by atoms with E-state index >= 15 is 0 Å². The number of carbonyl (C=O) groups excluding carboxylic acids is 2. The van der Waals surface area contributed by atoms with Crippen molar-refractivity contribution in [1.82, 2.24) is 4.90 Å². The van der Waals surface area contributed by atoms with Crippen LogP contribution in [0, 0.1) is 6.92 Å². The number of carbonyl (C=O) groups is 2. The Bertz CT molecular complexity index is 796. The van der Waals surface area contributed by atoms with Crippen molar-refractivity contribution in [3.05, 3.63) is 54.1 Å². The van der Waals surface area contributed by atoms with Gasteiger partial charge in [-0.25, -0.2) is 0 Å². The summed E-state index contributed by atoms with van der Waals surface area (Å²) in [6.45, 7) is 6.02. The standard InChI is InChI=1S/C21H26N4O2/c1-16-5-3-4-6-19(16)23-21(27)15-20(26)22-17-7-9-18(10-8-17)25-13-11-24(2)12-14-25/h3-10H,11-15H2,1-2H3,(H,22,26)(H,23,27). The van der Waals surface area contributed by atoms with E-state index in [-0.39, 0.29) is 18.2 Å². The van der Waals surface area contributed by atoms with E-state index < -0.39 is 0 Å². The van der Waals surface area contributed by atoms with Crippen molar-refractivity contribution in [2.45, 2.75) is 13.3 Å². The molecule has 3 rings (SSSR count). The first kappa shape index (κ1) is 18.9. The van der Waals surface area contributed by atoms with E-state index in [1.165, 1.54) is 0 Å². The van der Waals surface area contributed by atoms with E-state index in [2.05, 4.69) is 27.5 Å². The second-order valence-electron chi connectivity index (χ2n) is 6.93. The molecule has 2 amide bonds. The number of amides is 2. The van der Waals surface area contributed by atoms with Crippen LogP contribution in [0.5, 0.6) is 0 Å². The zero-order chi connectivity index (χ0) is 19.2. The molecule has 1 saturated heterocycles. The SMILES string of the molecule is Cc1ccccc1NC(=O)CC(=O)Nc1ccc(N2CCN(C)CC2)cc1. The third kappa shape index (κ3) is 5.31. The fraction of sp³-hybridized carbons (Fsp3) is 0.333. The average Bonchev–Trinajstić information content (AvgIpc) is 2.65. The Labute approximate surface area is 160 Å². The Balaban J connectivity index is 1.50. The number of piperazine rings is 1. The highest BCUT2D eigenvalue weighted by Gasteiger charge is 2.15. The van der Waals surface area contributed by atoms with Gasteiger partial charge in [0.15, 0.2) is 0 Å². The maximum absolute atomic E-state index is 12.1. The maximum atomic E-state index is 12.1. The first-order chi connectivity index (χ1) is 13.0. The molecular formula is C21H26N4O2. The van der Waals surface area contributed by atoms with E-state index in [1.54, 1.807) is 0 Å². The lowest BCUT2D eigenvalue weighted by Crippen LogP contribution is -2.44. The molecule has 1 aliphatic rings. The summed E-state index contributed by atoms with van der Waals surface area (Å²) in [5.74, 6) is -0.649. The molecule has 6 nitrogen and oxygen atoms in total. The van der Waals surface area contributed by atoms with Gasteiger partial charge in [0.05, 0.1) is 0 Å². The first-order valence-electron chi connectivity index (χ1n) is 9.20. The molecule has 0 spiro atoms. The monoisotopic (exact) mass is 366 g/mol. The summed E-state index contributed by atoms with van der Waals surface area (Å²) < 4.78 is 0. The lowest BCUT2D eigenvalue weighted by atomic mass is 10.2. The molecule has 0 aliphatic carbocycles. The Morgan fingerprint density at radius 3 is 2.19 bits per heavy atom. The molecule has 1 heterocycles. The largest absolute Gasteiger partial charge is 0.369 e. The lowest BCUT2D eigenvalue weighted by molar-refractivity contribution is -0.123. The van der Waals surface area contributed by atoms with E-state index in [9.17, 15) is 9.59 Å². The molecule has 142 valence electrons. The van der Waals surface area contributed by atoms with Crippen molar-refractivity contribution in [1.29, 1.82) is 0 Å². The van der Waals surface area contributed by atoms with Crippen molar-refractivity contribution in [2.75, 3.05) is 48.8 Å². The van der Waals surface area contributed by atoms with Gasteiger partial charge in [-0.15, -0.1) is 0 Å². The molecule has 6 heteroatoms. The van der Waals surface area contributed by atoms with Crippen molar-refractivity contribution in [2.24, 2.45) is 0 Å². The van der Waals surface area contributed by atoms with Crippen molar-refractivity contribution in [3.63, 3.8) is 0 Å². The predicted octanol–water partition coefficient (Wildman–Crippen LogP) is 2.71. The second kappa shape index (κ2) is 8.68. The molecule has 27 heavy (non-hydrogen) atoms. The smallest absolute Gasteiger partial charge is 0.233 e. The number of aryl methyl sites for hydroxylation is 1. The van der Waals surface area contributed by atoms with Gasteiger partial charge in [0.25, 0.3) is 0 Å². The van der Waals surface area contributed by atoms with Crippen LogP contribution in [0.1, 0.15) is 12.0 Å². The first-order valence-corrected chi connectivity index (χ1v) is 9.20. The topological polar surface area (TPSA) is 64.7 Å². The lowest BCUT2D eigenvalue weighted by Gasteiger charge is -2.34. The van der Waals surface area contributed by atoms with Crippen LogP contribution in [-0.2, 0) is 9.59 Å². The number of para-hydroxylation sites is 1. The van der Waals surface area contributed by atoms with Gasteiger partial charge in [0.1, 0.15) is 6.42 Å². The van der Waals surface area contributed by atoms with Crippen LogP contribution in [0.15, 0.2) is 48.5 Å². The summed E-state index contributed by atoms with van der Waals surface area (Å²) in [5.41, 5.74) is 3.54. The van der Waals surface area contributed by atoms with Gasteiger partial charge in [-0.3, -0.25) is 9.59 Å². The highest BCUT2D eigenvalue weighted by molar-refractivity contribution is 6.08. The number of likely N-dealkylation sites (N-methyl/N-ethyl adjacent to an activating group) is 1. The van der Waals surface area contributed by atoms with Crippen molar-refractivity contribution >= 4 is 28.9 Å². The molecule has 2 aromatic rings. The number of rotatable bonds is 5. The van der Waals surface area contributed by atoms with Gasteiger partial charge < -0.3 is 20.4 Å². The summed E-state index contributed by atoms with van der Waals surface area (Å²) in [7, 11) is 2.13. The van der Waals surface area contributed by atoms with Crippen LogP contribution in [0.25, 0.3) is 0 Å². The molecule has 0 unspecified atom stereocenters. The van der Waals surface area contributed by atoms with E-state index in [1.807, 2.05) is 55.5 Å². The van der Waals surface area contributed by atoms with Gasteiger partial charge in [0, 0.05) is 43.2 Å². The summed E-state index contributed by atoms with van der Waals surface area (Å²) in [6.07, 6.45) is -0.214. The van der Waals surface area contributed by atoms with Gasteiger partial charge >= 0.3 is 0 Å². The van der Waals surface area contributed by atoms with Gasteiger partial charge in [-0.2, -0.15) is 0 Å². The molecule has 2 N–H and O–H groups in total. The van der Waals surface area contributed by atoms with Crippen LogP contribution in [0.2, 0.25) is 0 Å². The van der Waals surface area contributed by atoms with Crippen LogP contribution >= 0.6 is 0 Å². The Kier molecular flexibility index (Phi) is 6.08. The maximum Gasteiger partial charge on any atom is 0.233 e. The Morgan fingerprint density at radius 2 is 1.52 bits per heavy atom. The minimum atomic E-state index is -0.326. The molecule has 2 aromatic carbocycles.